The fraction of sp³-hybridized carbons (Fsp3) is 0.0500. The fourth-order valence-electron chi connectivity index (χ4n) is 3.21. The highest BCUT2D eigenvalue weighted by Gasteiger charge is 2.24. The Balaban J connectivity index is 1.51. The molecule has 0 saturated carbocycles. The average Bonchev–Trinajstić information content (AvgIpc) is 2.97. The Labute approximate surface area is 154 Å². The van der Waals surface area contributed by atoms with Crippen LogP contribution in [0.5, 0.6) is 0 Å². The van der Waals surface area contributed by atoms with E-state index in [9.17, 15) is 0 Å². The third-order valence-corrected chi connectivity index (χ3v) is 5.52. The van der Waals surface area contributed by atoms with E-state index in [0.717, 1.165) is 33.3 Å². The first kappa shape index (κ1) is 14.9. The van der Waals surface area contributed by atoms with Gasteiger partial charge in [-0.05, 0) is 23.1 Å². The van der Waals surface area contributed by atoms with Gasteiger partial charge in [-0.3, -0.25) is 0 Å². The minimum absolute atomic E-state index is 0.693. The van der Waals surface area contributed by atoms with E-state index in [1.54, 1.807) is 11.8 Å². The van der Waals surface area contributed by atoms with Crippen LogP contribution in [0, 0.1) is 0 Å². The first-order valence-electron chi connectivity index (χ1n) is 7.94. The molecule has 0 spiro atoms. The lowest BCUT2D eigenvalue weighted by Crippen LogP contribution is -1.95. The molecule has 3 aromatic carbocycles. The zero-order valence-electron chi connectivity index (χ0n) is 13.1. The summed E-state index contributed by atoms with van der Waals surface area (Å²) in [5.74, 6) is 0.786. The Bertz CT molecular complexity index is 1100. The van der Waals surface area contributed by atoms with Gasteiger partial charge in [0.15, 0.2) is 0 Å². The van der Waals surface area contributed by atoms with E-state index in [1.165, 1.54) is 16.3 Å². The predicted octanol–water partition coefficient (Wildman–Crippen LogP) is 5.62. The van der Waals surface area contributed by atoms with E-state index in [2.05, 4.69) is 46.6 Å². The molecule has 0 unspecified atom stereocenters. The highest BCUT2D eigenvalue weighted by molar-refractivity contribution is 7.98. The van der Waals surface area contributed by atoms with Gasteiger partial charge in [0.05, 0.1) is 0 Å². The van der Waals surface area contributed by atoms with Crippen molar-refractivity contribution >= 4 is 34.1 Å². The van der Waals surface area contributed by atoms with E-state index >= 15 is 0 Å². The summed E-state index contributed by atoms with van der Waals surface area (Å²) in [5.41, 5.74) is 5.26. The summed E-state index contributed by atoms with van der Waals surface area (Å²) < 4.78 is 0. The number of halogens is 1. The van der Waals surface area contributed by atoms with Gasteiger partial charge in [0.1, 0.15) is 11.4 Å². The Kier molecular flexibility index (Phi) is 3.47. The monoisotopic (exact) mass is 361 g/mol. The van der Waals surface area contributed by atoms with Crippen LogP contribution in [0.3, 0.4) is 0 Å². The van der Waals surface area contributed by atoms with Crippen LogP contribution in [0.2, 0.25) is 5.02 Å². The molecule has 120 valence electrons. The minimum Gasteiger partial charge on any atom is -0.219 e. The molecule has 4 aromatic rings. The Morgan fingerprint density at radius 1 is 0.800 bits per heavy atom. The molecular weight excluding hydrogens is 350 g/mol. The number of fused-ring (bicyclic) bond motifs is 3. The molecule has 1 aliphatic rings. The lowest BCUT2D eigenvalue weighted by Gasteiger charge is -2.03. The fourth-order valence-corrected chi connectivity index (χ4v) is 4.07. The SMILES string of the molecule is Clc1ccc(CSc2nnc3c(n2)-c2cccc4cccc-3c24)cc1. The van der Waals surface area contributed by atoms with Gasteiger partial charge in [0.2, 0.25) is 5.16 Å². The van der Waals surface area contributed by atoms with Crippen molar-refractivity contribution in [2.45, 2.75) is 10.9 Å². The highest BCUT2D eigenvalue weighted by atomic mass is 35.5. The number of nitrogens with zero attached hydrogens (tertiary/aromatic N) is 3. The number of hydrogen-bond donors (Lipinski definition) is 0. The number of aromatic nitrogens is 3. The highest BCUT2D eigenvalue weighted by Crippen LogP contribution is 2.44. The zero-order valence-corrected chi connectivity index (χ0v) is 14.7. The summed E-state index contributed by atoms with van der Waals surface area (Å²) in [6.07, 6.45) is 0. The van der Waals surface area contributed by atoms with Crippen molar-refractivity contribution in [1.29, 1.82) is 0 Å². The summed E-state index contributed by atoms with van der Waals surface area (Å²) in [6.45, 7) is 0. The van der Waals surface area contributed by atoms with Gasteiger partial charge in [0, 0.05) is 27.3 Å². The van der Waals surface area contributed by atoms with Crippen LogP contribution in [-0.4, -0.2) is 15.2 Å². The van der Waals surface area contributed by atoms with Gasteiger partial charge in [-0.25, -0.2) is 4.98 Å². The first-order valence-corrected chi connectivity index (χ1v) is 9.30. The summed E-state index contributed by atoms with van der Waals surface area (Å²) in [4.78, 5) is 4.79. The van der Waals surface area contributed by atoms with Crippen LogP contribution in [0.25, 0.3) is 33.3 Å². The van der Waals surface area contributed by atoms with Crippen molar-refractivity contribution in [3.63, 3.8) is 0 Å². The molecule has 0 N–H and O–H groups in total. The topological polar surface area (TPSA) is 38.7 Å². The molecule has 25 heavy (non-hydrogen) atoms. The van der Waals surface area contributed by atoms with E-state index in [1.807, 2.05) is 24.3 Å². The van der Waals surface area contributed by atoms with Crippen LogP contribution in [0.4, 0.5) is 0 Å². The van der Waals surface area contributed by atoms with Gasteiger partial charge in [0.25, 0.3) is 0 Å². The molecule has 0 amide bonds. The normalized spacial score (nSPS) is 11.7. The zero-order chi connectivity index (χ0) is 16.8. The number of rotatable bonds is 3. The Hall–Kier alpha value is -2.43. The second-order valence-electron chi connectivity index (χ2n) is 5.92. The summed E-state index contributed by atoms with van der Waals surface area (Å²) in [7, 11) is 0. The maximum absolute atomic E-state index is 5.93. The molecule has 0 atom stereocenters. The smallest absolute Gasteiger partial charge is 0.210 e. The van der Waals surface area contributed by atoms with Gasteiger partial charge in [-0.1, -0.05) is 71.9 Å². The summed E-state index contributed by atoms with van der Waals surface area (Å²) in [5, 5.41) is 12.7. The van der Waals surface area contributed by atoms with E-state index < -0.39 is 0 Å². The lowest BCUT2D eigenvalue weighted by atomic mass is 10.0. The molecule has 3 nitrogen and oxygen atoms in total. The molecular formula is C20H12ClN3S. The molecule has 1 aromatic heterocycles. The van der Waals surface area contributed by atoms with Crippen molar-refractivity contribution in [2.75, 3.05) is 0 Å². The van der Waals surface area contributed by atoms with Crippen molar-refractivity contribution in [3.05, 3.63) is 71.2 Å². The second kappa shape index (κ2) is 5.83. The second-order valence-corrected chi connectivity index (χ2v) is 7.29. The third kappa shape index (κ3) is 2.49. The minimum atomic E-state index is 0.693. The van der Waals surface area contributed by atoms with Gasteiger partial charge in [-0.15, -0.1) is 10.2 Å². The standard InChI is InChI=1S/C20H12ClN3S/c21-14-9-7-12(8-10-14)11-25-20-22-18-15-5-1-3-13-4-2-6-16(17(13)15)19(18)23-24-20/h1-10H,11H2. The molecule has 0 fully saturated rings. The van der Waals surface area contributed by atoms with E-state index in [4.69, 9.17) is 16.6 Å². The first-order chi connectivity index (χ1) is 12.3. The molecule has 1 aliphatic carbocycles. The van der Waals surface area contributed by atoms with Crippen LogP contribution in [0.1, 0.15) is 5.56 Å². The van der Waals surface area contributed by atoms with E-state index in [0.29, 0.717) is 5.16 Å². The molecule has 5 rings (SSSR count). The maximum Gasteiger partial charge on any atom is 0.210 e. The predicted molar refractivity (Wildman–Crippen MR) is 103 cm³/mol. The van der Waals surface area contributed by atoms with Gasteiger partial charge in [-0.2, -0.15) is 0 Å². The van der Waals surface area contributed by atoms with E-state index in [-0.39, 0.29) is 0 Å². The summed E-state index contributed by atoms with van der Waals surface area (Å²) in [6, 6.07) is 20.4. The van der Waals surface area contributed by atoms with Crippen molar-refractivity contribution in [2.24, 2.45) is 0 Å². The lowest BCUT2D eigenvalue weighted by molar-refractivity contribution is 0.853. The Morgan fingerprint density at radius 3 is 2.28 bits per heavy atom. The van der Waals surface area contributed by atoms with Crippen molar-refractivity contribution in [3.8, 4) is 22.5 Å². The average molecular weight is 362 g/mol. The Morgan fingerprint density at radius 2 is 1.52 bits per heavy atom. The number of thioether (sulfide) groups is 1. The van der Waals surface area contributed by atoms with Gasteiger partial charge < -0.3 is 0 Å². The third-order valence-electron chi connectivity index (χ3n) is 4.36. The molecule has 1 heterocycles. The number of benzene rings is 3. The summed E-state index contributed by atoms with van der Waals surface area (Å²) >= 11 is 7.52. The van der Waals surface area contributed by atoms with Crippen LogP contribution < -0.4 is 0 Å². The van der Waals surface area contributed by atoms with Crippen LogP contribution in [-0.2, 0) is 5.75 Å². The molecule has 0 radical (unpaired) electrons. The van der Waals surface area contributed by atoms with Crippen molar-refractivity contribution in [1.82, 2.24) is 15.2 Å². The largest absolute Gasteiger partial charge is 0.219 e. The molecule has 0 saturated heterocycles. The van der Waals surface area contributed by atoms with Gasteiger partial charge >= 0.3 is 0 Å². The molecule has 0 bridgehead atoms. The molecule has 5 heteroatoms. The number of hydrogen-bond acceptors (Lipinski definition) is 4. The molecule has 0 aliphatic heterocycles. The quantitative estimate of drug-likeness (QED) is 0.391. The van der Waals surface area contributed by atoms with Crippen LogP contribution >= 0.6 is 23.4 Å². The van der Waals surface area contributed by atoms with Crippen LogP contribution in [0.15, 0.2) is 65.8 Å². The maximum atomic E-state index is 5.93. The van der Waals surface area contributed by atoms with Crippen molar-refractivity contribution < 1.29 is 0 Å².